The van der Waals surface area contributed by atoms with E-state index in [-0.39, 0.29) is 6.10 Å². The summed E-state index contributed by atoms with van der Waals surface area (Å²) in [4.78, 5) is 0. The number of aromatic nitrogens is 2. The van der Waals surface area contributed by atoms with E-state index in [2.05, 4.69) is 31.0 Å². The van der Waals surface area contributed by atoms with Crippen LogP contribution in [0.25, 0.3) is 0 Å². The number of halogens is 1. The predicted molar refractivity (Wildman–Crippen MR) is 72.8 cm³/mol. The molecular weight excluding hydrogens is 248 g/mol. The molecule has 1 aromatic heterocycles. The molecule has 1 fully saturated rings. The van der Waals surface area contributed by atoms with Crippen LogP contribution in [0.15, 0.2) is 12.1 Å². The molecule has 4 heteroatoms. The molecule has 3 atom stereocenters. The number of hydrogen-bond acceptors (Lipinski definition) is 3. The second kappa shape index (κ2) is 5.87. The van der Waals surface area contributed by atoms with Crippen LogP contribution in [0.3, 0.4) is 0 Å². The van der Waals surface area contributed by atoms with Crippen molar-refractivity contribution in [3.63, 3.8) is 0 Å². The molecule has 0 radical (unpaired) electrons. The van der Waals surface area contributed by atoms with Gasteiger partial charge in [-0.1, -0.05) is 38.8 Å². The summed E-state index contributed by atoms with van der Waals surface area (Å²) in [5.74, 6) is 2.57. The van der Waals surface area contributed by atoms with E-state index in [4.69, 9.17) is 16.3 Å². The Balaban J connectivity index is 2.06. The van der Waals surface area contributed by atoms with Crippen molar-refractivity contribution in [1.29, 1.82) is 0 Å². The van der Waals surface area contributed by atoms with Gasteiger partial charge in [0, 0.05) is 6.07 Å². The molecule has 100 valence electrons. The zero-order valence-corrected chi connectivity index (χ0v) is 12.0. The van der Waals surface area contributed by atoms with E-state index < -0.39 is 0 Å². The zero-order valence-electron chi connectivity index (χ0n) is 11.3. The van der Waals surface area contributed by atoms with Gasteiger partial charge < -0.3 is 4.74 Å². The van der Waals surface area contributed by atoms with Gasteiger partial charge in [-0.15, -0.1) is 10.2 Å². The van der Waals surface area contributed by atoms with Crippen LogP contribution in [0, 0.1) is 17.8 Å². The Morgan fingerprint density at radius 1 is 1.28 bits per heavy atom. The molecule has 0 saturated heterocycles. The molecule has 0 amide bonds. The van der Waals surface area contributed by atoms with Gasteiger partial charge in [0.2, 0.25) is 5.88 Å². The first-order chi connectivity index (χ1) is 8.56. The number of hydrogen-bond donors (Lipinski definition) is 0. The largest absolute Gasteiger partial charge is 0.473 e. The van der Waals surface area contributed by atoms with Gasteiger partial charge >= 0.3 is 0 Å². The highest BCUT2D eigenvalue weighted by Crippen LogP contribution is 2.35. The monoisotopic (exact) mass is 268 g/mol. The van der Waals surface area contributed by atoms with Crippen LogP contribution < -0.4 is 4.74 Å². The van der Waals surface area contributed by atoms with Gasteiger partial charge in [-0.2, -0.15) is 0 Å². The van der Waals surface area contributed by atoms with Gasteiger partial charge in [-0.25, -0.2) is 0 Å². The van der Waals surface area contributed by atoms with E-state index in [0.717, 1.165) is 12.3 Å². The Hall–Kier alpha value is -0.830. The molecule has 3 nitrogen and oxygen atoms in total. The van der Waals surface area contributed by atoms with Crippen LogP contribution in [0.2, 0.25) is 5.15 Å². The molecule has 3 unspecified atom stereocenters. The van der Waals surface area contributed by atoms with Crippen molar-refractivity contribution in [3.05, 3.63) is 17.3 Å². The second-order valence-corrected chi connectivity index (χ2v) is 6.06. The lowest BCUT2D eigenvalue weighted by Gasteiger charge is -2.36. The van der Waals surface area contributed by atoms with Gasteiger partial charge in [-0.05, 0) is 36.7 Å². The van der Waals surface area contributed by atoms with Gasteiger partial charge in [0.1, 0.15) is 6.10 Å². The third-order valence-corrected chi connectivity index (χ3v) is 4.04. The molecule has 2 rings (SSSR count). The topological polar surface area (TPSA) is 35.0 Å². The lowest BCUT2D eigenvalue weighted by Crippen LogP contribution is -2.36. The fourth-order valence-electron chi connectivity index (χ4n) is 2.77. The third-order valence-electron chi connectivity index (χ3n) is 3.84. The molecular formula is C14H21ClN2O. The summed E-state index contributed by atoms with van der Waals surface area (Å²) in [6.45, 7) is 6.83. The molecule has 1 saturated carbocycles. The highest BCUT2D eigenvalue weighted by atomic mass is 35.5. The first-order valence-corrected chi connectivity index (χ1v) is 7.10. The van der Waals surface area contributed by atoms with Crippen LogP contribution in [0.5, 0.6) is 5.88 Å². The van der Waals surface area contributed by atoms with E-state index in [9.17, 15) is 0 Å². The highest BCUT2D eigenvalue weighted by molar-refractivity contribution is 6.29. The molecule has 0 spiro atoms. The molecule has 0 aliphatic heterocycles. The number of nitrogens with zero attached hydrogens (tertiary/aromatic N) is 2. The minimum absolute atomic E-state index is 0.254. The summed E-state index contributed by atoms with van der Waals surface area (Å²) in [6, 6.07) is 3.52. The summed E-state index contributed by atoms with van der Waals surface area (Å²) in [5.41, 5.74) is 0. The molecule has 1 aromatic rings. The predicted octanol–water partition coefficient (Wildman–Crippen LogP) is 3.97. The summed E-state index contributed by atoms with van der Waals surface area (Å²) in [5, 5.41) is 8.21. The lowest BCUT2D eigenvalue weighted by atomic mass is 9.75. The molecule has 0 N–H and O–H groups in total. The van der Waals surface area contributed by atoms with Crippen LogP contribution in [-0.2, 0) is 0 Å². The maximum Gasteiger partial charge on any atom is 0.233 e. The van der Waals surface area contributed by atoms with E-state index in [0.29, 0.717) is 22.9 Å². The van der Waals surface area contributed by atoms with Crippen molar-refractivity contribution < 1.29 is 4.74 Å². The maximum absolute atomic E-state index is 6.02. The summed E-state index contributed by atoms with van der Waals surface area (Å²) in [7, 11) is 0. The average Bonchev–Trinajstić information content (AvgIpc) is 2.32. The van der Waals surface area contributed by atoms with Crippen LogP contribution in [0.4, 0.5) is 0 Å². The third kappa shape index (κ3) is 3.35. The van der Waals surface area contributed by atoms with E-state index in [1.807, 2.05) is 0 Å². The molecule has 0 bridgehead atoms. The Kier molecular flexibility index (Phi) is 4.44. The standard InChI is InChI=1S/C14H21ClN2O/c1-9(2)11-5-4-10(3)8-12(11)18-14-7-6-13(15)16-17-14/h6-7,9-12H,4-5,8H2,1-3H3. The number of rotatable bonds is 3. The first-order valence-electron chi connectivity index (χ1n) is 6.72. The van der Waals surface area contributed by atoms with Gasteiger partial charge in [0.05, 0.1) is 0 Å². The Morgan fingerprint density at radius 2 is 2.06 bits per heavy atom. The number of ether oxygens (including phenoxy) is 1. The summed E-state index contributed by atoms with van der Waals surface area (Å²) in [6.07, 6.45) is 3.90. The molecule has 1 aliphatic rings. The van der Waals surface area contributed by atoms with Crippen molar-refractivity contribution in [2.75, 3.05) is 0 Å². The lowest BCUT2D eigenvalue weighted by molar-refractivity contribution is 0.0419. The zero-order chi connectivity index (χ0) is 13.1. The van der Waals surface area contributed by atoms with Gasteiger partial charge in [0.15, 0.2) is 5.15 Å². The van der Waals surface area contributed by atoms with Crippen LogP contribution in [-0.4, -0.2) is 16.3 Å². The smallest absolute Gasteiger partial charge is 0.233 e. The Morgan fingerprint density at radius 3 is 2.67 bits per heavy atom. The summed E-state index contributed by atoms with van der Waals surface area (Å²) >= 11 is 5.73. The van der Waals surface area contributed by atoms with Gasteiger partial charge in [-0.3, -0.25) is 0 Å². The minimum Gasteiger partial charge on any atom is -0.473 e. The van der Waals surface area contributed by atoms with Gasteiger partial charge in [0.25, 0.3) is 0 Å². The first kappa shape index (κ1) is 13.6. The van der Waals surface area contributed by atoms with Crippen molar-refractivity contribution in [3.8, 4) is 5.88 Å². The van der Waals surface area contributed by atoms with Crippen molar-refractivity contribution >= 4 is 11.6 Å². The van der Waals surface area contributed by atoms with Crippen molar-refractivity contribution in [1.82, 2.24) is 10.2 Å². The minimum atomic E-state index is 0.254. The SMILES string of the molecule is CC1CCC(C(C)C)C(Oc2ccc(Cl)nn2)C1. The van der Waals surface area contributed by atoms with Crippen LogP contribution >= 0.6 is 11.6 Å². The normalized spacial score (nSPS) is 28.4. The highest BCUT2D eigenvalue weighted by Gasteiger charge is 2.32. The fraction of sp³-hybridized carbons (Fsp3) is 0.714. The van der Waals surface area contributed by atoms with E-state index in [1.54, 1.807) is 12.1 Å². The van der Waals surface area contributed by atoms with E-state index >= 15 is 0 Å². The molecule has 0 aromatic carbocycles. The van der Waals surface area contributed by atoms with Crippen LogP contribution in [0.1, 0.15) is 40.0 Å². The molecule has 1 aliphatic carbocycles. The average molecular weight is 269 g/mol. The van der Waals surface area contributed by atoms with Crippen molar-refractivity contribution in [2.24, 2.45) is 17.8 Å². The Bertz CT molecular complexity index is 380. The maximum atomic E-state index is 6.02. The quantitative estimate of drug-likeness (QED) is 0.832. The Labute approximate surface area is 114 Å². The molecule has 18 heavy (non-hydrogen) atoms. The van der Waals surface area contributed by atoms with E-state index in [1.165, 1.54) is 12.8 Å². The second-order valence-electron chi connectivity index (χ2n) is 5.68. The summed E-state index contributed by atoms with van der Waals surface area (Å²) < 4.78 is 6.02. The molecule has 1 heterocycles. The fourth-order valence-corrected chi connectivity index (χ4v) is 2.87. The van der Waals surface area contributed by atoms with Crippen molar-refractivity contribution in [2.45, 2.75) is 46.1 Å².